The fourth-order valence-electron chi connectivity index (χ4n) is 1.47. The van der Waals surface area contributed by atoms with E-state index in [-0.39, 0.29) is 0 Å². The molecule has 0 aliphatic heterocycles. The first kappa shape index (κ1) is 11.4. The van der Waals surface area contributed by atoms with Crippen molar-refractivity contribution >= 4 is 15.9 Å². The zero-order valence-electron chi connectivity index (χ0n) is 9.06. The van der Waals surface area contributed by atoms with Gasteiger partial charge in [-0.25, -0.2) is 0 Å². The normalized spacial score (nSPS) is 12.9. The van der Waals surface area contributed by atoms with Crippen molar-refractivity contribution in [1.29, 1.82) is 0 Å². The van der Waals surface area contributed by atoms with E-state index in [1.54, 1.807) is 12.5 Å². The Bertz CT molecular complexity index is 424. The first-order valence-corrected chi connectivity index (χ1v) is 5.98. The van der Waals surface area contributed by atoms with Gasteiger partial charge in [0, 0.05) is 12.7 Å². The van der Waals surface area contributed by atoms with Crippen LogP contribution in [0.15, 0.2) is 39.7 Å². The summed E-state index contributed by atoms with van der Waals surface area (Å²) in [6.07, 6.45) is 5.45. The van der Waals surface area contributed by atoms with Crippen LogP contribution < -0.4 is 5.32 Å². The zero-order valence-corrected chi connectivity index (χ0v) is 10.6. The van der Waals surface area contributed by atoms with E-state index in [1.165, 1.54) is 0 Å². The molecule has 0 saturated heterocycles. The van der Waals surface area contributed by atoms with Gasteiger partial charge in [0.2, 0.25) is 0 Å². The van der Waals surface area contributed by atoms with Gasteiger partial charge in [-0.05, 0) is 35.0 Å². The van der Waals surface area contributed by atoms with Crippen LogP contribution >= 0.6 is 15.9 Å². The van der Waals surface area contributed by atoms with Crippen LogP contribution in [-0.2, 0) is 6.54 Å². The molecule has 0 bridgehead atoms. The molecule has 1 atom stereocenters. The molecule has 0 aliphatic rings. The molecule has 2 heterocycles. The molecule has 4 nitrogen and oxygen atoms in total. The van der Waals surface area contributed by atoms with E-state index in [2.05, 4.69) is 33.3 Å². The second kappa shape index (κ2) is 5.32. The number of nitrogens with one attached hydrogen (secondary N) is 1. The van der Waals surface area contributed by atoms with Crippen molar-refractivity contribution in [2.75, 3.05) is 6.54 Å². The van der Waals surface area contributed by atoms with Crippen molar-refractivity contribution < 1.29 is 4.42 Å². The van der Waals surface area contributed by atoms with Crippen LogP contribution in [0.25, 0.3) is 0 Å². The molecule has 0 saturated carbocycles. The fraction of sp³-hybridized carbons (Fsp3) is 0.364. The number of nitrogens with zero attached hydrogens (tertiary/aromatic N) is 2. The summed E-state index contributed by atoms with van der Waals surface area (Å²) in [5.74, 6) is 0.953. The number of rotatable bonds is 5. The molecule has 86 valence electrons. The lowest BCUT2D eigenvalue weighted by atomic mass is 10.3. The molecule has 0 radical (unpaired) electrons. The van der Waals surface area contributed by atoms with Gasteiger partial charge in [0.1, 0.15) is 5.76 Å². The van der Waals surface area contributed by atoms with Gasteiger partial charge in [-0.3, -0.25) is 4.68 Å². The molecule has 0 aromatic carbocycles. The van der Waals surface area contributed by atoms with Crippen LogP contribution in [0.5, 0.6) is 0 Å². The fourth-order valence-corrected chi connectivity index (χ4v) is 1.77. The first-order chi connectivity index (χ1) is 7.75. The summed E-state index contributed by atoms with van der Waals surface area (Å²) in [6.45, 7) is 3.73. The molecule has 0 spiro atoms. The average molecular weight is 284 g/mol. The highest BCUT2D eigenvalue weighted by atomic mass is 79.9. The Hall–Kier alpha value is -1.07. The van der Waals surface area contributed by atoms with E-state index in [4.69, 9.17) is 4.42 Å². The summed E-state index contributed by atoms with van der Waals surface area (Å²) in [7, 11) is 0. The van der Waals surface area contributed by atoms with E-state index in [0.29, 0.717) is 6.04 Å². The second-order valence-corrected chi connectivity index (χ2v) is 4.61. The van der Waals surface area contributed by atoms with Crippen molar-refractivity contribution in [2.45, 2.75) is 19.5 Å². The predicted molar refractivity (Wildman–Crippen MR) is 65.1 cm³/mol. The van der Waals surface area contributed by atoms with Crippen LogP contribution in [0.4, 0.5) is 0 Å². The molecule has 0 amide bonds. The van der Waals surface area contributed by atoms with E-state index in [9.17, 15) is 0 Å². The molecule has 2 aromatic rings. The van der Waals surface area contributed by atoms with Crippen LogP contribution in [-0.4, -0.2) is 16.3 Å². The van der Waals surface area contributed by atoms with Gasteiger partial charge in [0.25, 0.3) is 0 Å². The molecule has 1 unspecified atom stereocenters. The Morgan fingerprint density at radius 3 is 3.12 bits per heavy atom. The van der Waals surface area contributed by atoms with Gasteiger partial charge in [-0.1, -0.05) is 0 Å². The Balaban J connectivity index is 1.78. The minimum Gasteiger partial charge on any atom is -0.468 e. The highest BCUT2D eigenvalue weighted by molar-refractivity contribution is 9.10. The summed E-state index contributed by atoms with van der Waals surface area (Å²) < 4.78 is 8.17. The molecule has 0 aliphatic carbocycles. The van der Waals surface area contributed by atoms with Gasteiger partial charge < -0.3 is 9.73 Å². The third-order valence-corrected chi connectivity index (χ3v) is 2.75. The van der Waals surface area contributed by atoms with Gasteiger partial charge in [-0.2, -0.15) is 5.10 Å². The maximum atomic E-state index is 5.23. The Labute approximate surface area is 103 Å². The minimum atomic E-state index is 0.321. The number of halogens is 1. The third kappa shape index (κ3) is 2.96. The summed E-state index contributed by atoms with van der Waals surface area (Å²) in [5, 5.41) is 7.56. The highest BCUT2D eigenvalue weighted by Crippen LogP contribution is 2.11. The van der Waals surface area contributed by atoms with Crippen molar-refractivity contribution in [3.63, 3.8) is 0 Å². The second-order valence-electron chi connectivity index (χ2n) is 3.70. The van der Waals surface area contributed by atoms with Crippen molar-refractivity contribution in [1.82, 2.24) is 15.1 Å². The minimum absolute atomic E-state index is 0.321. The van der Waals surface area contributed by atoms with Gasteiger partial charge in [0.15, 0.2) is 0 Å². The lowest BCUT2D eigenvalue weighted by Gasteiger charge is -2.12. The molecule has 1 N–H and O–H groups in total. The quantitative estimate of drug-likeness (QED) is 0.917. The Morgan fingerprint density at radius 1 is 1.62 bits per heavy atom. The number of furan rings is 1. The van der Waals surface area contributed by atoms with Gasteiger partial charge >= 0.3 is 0 Å². The van der Waals surface area contributed by atoms with Gasteiger partial charge in [-0.15, -0.1) is 0 Å². The van der Waals surface area contributed by atoms with E-state index >= 15 is 0 Å². The van der Waals surface area contributed by atoms with Crippen LogP contribution in [0.2, 0.25) is 0 Å². The maximum absolute atomic E-state index is 5.23. The first-order valence-electron chi connectivity index (χ1n) is 5.18. The highest BCUT2D eigenvalue weighted by Gasteiger charge is 2.05. The van der Waals surface area contributed by atoms with E-state index in [1.807, 2.05) is 23.0 Å². The van der Waals surface area contributed by atoms with Crippen molar-refractivity contribution in [2.24, 2.45) is 0 Å². The van der Waals surface area contributed by atoms with Crippen LogP contribution in [0.1, 0.15) is 18.7 Å². The summed E-state index contributed by atoms with van der Waals surface area (Å²) in [4.78, 5) is 0. The lowest BCUT2D eigenvalue weighted by Crippen LogP contribution is -2.23. The topological polar surface area (TPSA) is 43.0 Å². The Morgan fingerprint density at radius 2 is 2.50 bits per heavy atom. The van der Waals surface area contributed by atoms with Crippen molar-refractivity contribution in [3.05, 3.63) is 41.0 Å². The van der Waals surface area contributed by atoms with E-state index < -0.39 is 0 Å². The van der Waals surface area contributed by atoms with E-state index in [0.717, 1.165) is 23.3 Å². The molecule has 0 fully saturated rings. The van der Waals surface area contributed by atoms with Crippen molar-refractivity contribution in [3.8, 4) is 0 Å². The number of aromatic nitrogens is 2. The van der Waals surface area contributed by atoms with Crippen LogP contribution in [0.3, 0.4) is 0 Å². The predicted octanol–water partition coefficient (Wildman–Crippen LogP) is 2.59. The largest absolute Gasteiger partial charge is 0.468 e. The molecule has 16 heavy (non-hydrogen) atoms. The lowest BCUT2D eigenvalue weighted by molar-refractivity contribution is 0.427. The summed E-state index contributed by atoms with van der Waals surface area (Å²) >= 11 is 3.38. The molecular weight excluding hydrogens is 270 g/mol. The molecule has 2 rings (SSSR count). The summed E-state index contributed by atoms with van der Waals surface area (Å²) in [6, 6.07) is 4.17. The summed E-state index contributed by atoms with van der Waals surface area (Å²) in [5.41, 5.74) is 0. The number of hydrogen-bond acceptors (Lipinski definition) is 3. The smallest absolute Gasteiger partial charge is 0.117 e. The van der Waals surface area contributed by atoms with Gasteiger partial charge in [0.05, 0.1) is 29.5 Å². The number of hydrogen-bond donors (Lipinski definition) is 1. The molecular formula is C11H14BrN3O. The third-order valence-electron chi connectivity index (χ3n) is 2.34. The molecule has 5 heteroatoms. The molecule has 2 aromatic heterocycles. The standard InChI is InChI=1S/C11H14BrN3O/c1-9(15-8-10(12)6-14-15)5-13-7-11-3-2-4-16-11/h2-4,6,8-9,13H,5,7H2,1H3. The maximum Gasteiger partial charge on any atom is 0.117 e. The monoisotopic (exact) mass is 283 g/mol. The SMILES string of the molecule is CC(CNCc1ccco1)n1cc(Br)cn1. The Kier molecular flexibility index (Phi) is 3.79. The zero-order chi connectivity index (χ0) is 11.4. The average Bonchev–Trinajstić information content (AvgIpc) is 2.89. The van der Waals surface area contributed by atoms with Crippen LogP contribution in [0, 0.1) is 0 Å².